The number of aromatic nitrogens is 1. The summed E-state index contributed by atoms with van der Waals surface area (Å²) in [5, 5.41) is 4.44. The molecule has 0 aliphatic rings. The molecule has 5 nitrogen and oxygen atoms in total. The van der Waals surface area contributed by atoms with Crippen molar-refractivity contribution >= 4 is 11.8 Å². The minimum Gasteiger partial charge on any atom is -0.341 e. The second-order valence-electron chi connectivity index (χ2n) is 9.33. The van der Waals surface area contributed by atoms with Crippen molar-refractivity contribution in [2.75, 3.05) is 18.0 Å². The molecule has 0 saturated heterocycles. The Hall–Kier alpha value is -3.08. The van der Waals surface area contributed by atoms with E-state index in [1.165, 1.54) is 0 Å². The van der Waals surface area contributed by atoms with E-state index in [2.05, 4.69) is 56.8 Å². The molecule has 0 bridgehead atoms. The van der Waals surface area contributed by atoms with Gasteiger partial charge in [-0.15, -0.1) is 0 Å². The van der Waals surface area contributed by atoms with Crippen LogP contribution in [0.1, 0.15) is 52.2 Å². The SMILES string of the molecule is CCN(CC)c1onc(-c2ccccc2)c1CN(Cc1ccccc1)C(=O)CC(C)(C)C. The number of hydrogen-bond acceptors (Lipinski definition) is 4. The molecule has 0 aliphatic heterocycles. The van der Waals surface area contributed by atoms with Crippen molar-refractivity contribution in [3.05, 3.63) is 71.8 Å². The van der Waals surface area contributed by atoms with E-state index in [1.54, 1.807) is 0 Å². The van der Waals surface area contributed by atoms with Crippen LogP contribution in [0.3, 0.4) is 0 Å². The lowest BCUT2D eigenvalue weighted by Gasteiger charge is -2.28. The molecule has 0 N–H and O–H groups in total. The van der Waals surface area contributed by atoms with Gasteiger partial charge in [0, 0.05) is 31.6 Å². The Bertz CT molecular complexity index is 987. The number of benzene rings is 2. The van der Waals surface area contributed by atoms with Crippen LogP contribution in [-0.2, 0) is 17.9 Å². The molecule has 0 unspecified atom stereocenters. The molecule has 3 aromatic rings. The maximum atomic E-state index is 13.4. The van der Waals surface area contributed by atoms with Crippen LogP contribution in [0.4, 0.5) is 5.88 Å². The summed E-state index contributed by atoms with van der Waals surface area (Å²) in [4.78, 5) is 17.5. The smallest absolute Gasteiger partial charge is 0.232 e. The van der Waals surface area contributed by atoms with Crippen molar-refractivity contribution in [3.8, 4) is 11.3 Å². The first-order chi connectivity index (χ1) is 15.3. The van der Waals surface area contributed by atoms with Gasteiger partial charge in [-0.1, -0.05) is 86.6 Å². The third-order valence-electron chi connectivity index (χ3n) is 5.46. The molecule has 5 heteroatoms. The Morgan fingerprint density at radius 2 is 1.50 bits per heavy atom. The highest BCUT2D eigenvalue weighted by atomic mass is 16.5. The van der Waals surface area contributed by atoms with E-state index in [1.807, 2.05) is 53.4 Å². The van der Waals surface area contributed by atoms with E-state index in [4.69, 9.17) is 4.52 Å². The van der Waals surface area contributed by atoms with Crippen molar-refractivity contribution in [1.82, 2.24) is 10.1 Å². The molecule has 2 aromatic carbocycles. The van der Waals surface area contributed by atoms with Gasteiger partial charge in [-0.3, -0.25) is 4.79 Å². The van der Waals surface area contributed by atoms with Gasteiger partial charge < -0.3 is 14.3 Å². The van der Waals surface area contributed by atoms with Crippen LogP contribution in [0.5, 0.6) is 0 Å². The van der Waals surface area contributed by atoms with Crippen molar-refractivity contribution in [1.29, 1.82) is 0 Å². The van der Waals surface area contributed by atoms with Gasteiger partial charge in [-0.05, 0) is 24.8 Å². The predicted octanol–water partition coefficient (Wildman–Crippen LogP) is 6.15. The van der Waals surface area contributed by atoms with Crippen LogP contribution >= 0.6 is 0 Å². The highest BCUT2D eigenvalue weighted by molar-refractivity contribution is 5.78. The highest BCUT2D eigenvalue weighted by Crippen LogP contribution is 2.33. The number of hydrogen-bond donors (Lipinski definition) is 0. The molecular weight excluding hydrogens is 398 g/mol. The largest absolute Gasteiger partial charge is 0.341 e. The van der Waals surface area contributed by atoms with E-state index in [0.29, 0.717) is 19.5 Å². The van der Waals surface area contributed by atoms with Crippen LogP contribution in [0, 0.1) is 5.41 Å². The number of carbonyl (C=O) groups is 1. The van der Waals surface area contributed by atoms with Crippen LogP contribution in [0.15, 0.2) is 65.2 Å². The number of carbonyl (C=O) groups excluding carboxylic acids is 1. The van der Waals surface area contributed by atoms with Gasteiger partial charge in [0.05, 0.1) is 12.1 Å². The average molecular weight is 434 g/mol. The molecule has 3 rings (SSSR count). The van der Waals surface area contributed by atoms with E-state index >= 15 is 0 Å². The average Bonchev–Trinajstić information content (AvgIpc) is 3.18. The van der Waals surface area contributed by atoms with Gasteiger partial charge in [0.1, 0.15) is 5.69 Å². The van der Waals surface area contributed by atoms with Gasteiger partial charge in [0.15, 0.2) is 0 Å². The topological polar surface area (TPSA) is 49.6 Å². The third-order valence-corrected chi connectivity index (χ3v) is 5.46. The summed E-state index contributed by atoms with van der Waals surface area (Å²) in [5.41, 5.74) is 3.77. The van der Waals surface area contributed by atoms with Gasteiger partial charge in [0.2, 0.25) is 11.8 Å². The molecule has 1 aromatic heterocycles. The Balaban J connectivity index is 2.03. The Morgan fingerprint density at radius 1 is 0.906 bits per heavy atom. The molecule has 0 saturated carbocycles. The number of anilines is 1. The summed E-state index contributed by atoms with van der Waals surface area (Å²) in [6, 6.07) is 20.2. The first-order valence-corrected chi connectivity index (χ1v) is 11.4. The molecule has 0 spiro atoms. The Kier molecular flexibility index (Phi) is 7.73. The van der Waals surface area contributed by atoms with Crippen molar-refractivity contribution < 1.29 is 9.32 Å². The van der Waals surface area contributed by atoms with Gasteiger partial charge in [0.25, 0.3) is 0 Å². The quantitative estimate of drug-likeness (QED) is 0.406. The normalized spacial score (nSPS) is 11.4. The van der Waals surface area contributed by atoms with Crippen LogP contribution in [0.2, 0.25) is 0 Å². The summed E-state index contributed by atoms with van der Waals surface area (Å²) in [7, 11) is 0. The highest BCUT2D eigenvalue weighted by Gasteiger charge is 2.27. The molecule has 32 heavy (non-hydrogen) atoms. The van der Waals surface area contributed by atoms with Crippen molar-refractivity contribution in [2.45, 2.75) is 54.1 Å². The molecule has 1 amide bonds. The Labute approximate surface area is 192 Å². The maximum Gasteiger partial charge on any atom is 0.232 e. The Morgan fingerprint density at radius 3 is 2.06 bits per heavy atom. The second-order valence-corrected chi connectivity index (χ2v) is 9.33. The van der Waals surface area contributed by atoms with Crippen LogP contribution in [-0.4, -0.2) is 29.1 Å². The van der Waals surface area contributed by atoms with E-state index in [9.17, 15) is 4.79 Å². The van der Waals surface area contributed by atoms with Gasteiger partial charge in [-0.2, -0.15) is 0 Å². The molecule has 1 heterocycles. The molecule has 0 fully saturated rings. The fourth-order valence-electron chi connectivity index (χ4n) is 3.82. The predicted molar refractivity (Wildman–Crippen MR) is 130 cm³/mol. The molecular formula is C27H35N3O2. The zero-order valence-corrected chi connectivity index (χ0v) is 20.0. The van der Waals surface area contributed by atoms with Crippen molar-refractivity contribution in [3.63, 3.8) is 0 Å². The number of nitrogens with zero attached hydrogens (tertiary/aromatic N) is 3. The standard InChI is InChI=1S/C27H35N3O2/c1-6-29(7-2)26-23(25(28-32-26)22-16-12-9-13-17-22)20-30(24(31)18-27(3,4)5)19-21-14-10-8-11-15-21/h8-17H,6-7,18-20H2,1-5H3. The summed E-state index contributed by atoms with van der Waals surface area (Å²) in [5.74, 6) is 0.877. The first-order valence-electron chi connectivity index (χ1n) is 11.4. The fourth-order valence-corrected chi connectivity index (χ4v) is 3.82. The zero-order valence-electron chi connectivity index (χ0n) is 20.0. The number of rotatable bonds is 9. The van der Waals surface area contributed by atoms with E-state index < -0.39 is 0 Å². The summed E-state index contributed by atoms with van der Waals surface area (Å²) in [6.07, 6.45) is 0.479. The zero-order chi connectivity index (χ0) is 23.1. The minimum absolute atomic E-state index is 0.0926. The van der Waals surface area contributed by atoms with Crippen molar-refractivity contribution in [2.24, 2.45) is 5.41 Å². The molecule has 0 radical (unpaired) electrons. The third kappa shape index (κ3) is 6.00. The first kappa shape index (κ1) is 23.6. The maximum absolute atomic E-state index is 13.4. The van der Waals surface area contributed by atoms with Crippen LogP contribution < -0.4 is 4.90 Å². The van der Waals surface area contributed by atoms with E-state index in [-0.39, 0.29) is 11.3 Å². The van der Waals surface area contributed by atoms with E-state index in [0.717, 1.165) is 41.4 Å². The van der Waals surface area contributed by atoms with Gasteiger partial charge >= 0.3 is 0 Å². The monoisotopic (exact) mass is 433 g/mol. The molecule has 0 aliphatic carbocycles. The summed E-state index contributed by atoms with van der Waals surface area (Å²) < 4.78 is 5.86. The lowest BCUT2D eigenvalue weighted by Crippen LogP contribution is -2.33. The summed E-state index contributed by atoms with van der Waals surface area (Å²) >= 11 is 0. The second kappa shape index (κ2) is 10.5. The molecule has 0 atom stereocenters. The lowest BCUT2D eigenvalue weighted by molar-refractivity contribution is -0.134. The number of amides is 1. The summed E-state index contributed by atoms with van der Waals surface area (Å²) in [6.45, 7) is 13.1. The fraction of sp³-hybridized carbons (Fsp3) is 0.407. The lowest BCUT2D eigenvalue weighted by atomic mass is 9.91. The molecule has 170 valence electrons. The minimum atomic E-state index is -0.0926. The van der Waals surface area contributed by atoms with Gasteiger partial charge in [-0.25, -0.2) is 0 Å². The van der Waals surface area contributed by atoms with Crippen LogP contribution in [0.25, 0.3) is 11.3 Å².